The molecule has 2 aromatic carbocycles. The largest absolute Gasteiger partial charge is 0.290 e. The lowest BCUT2D eigenvalue weighted by Crippen LogP contribution is -2.42. The number of hydrogen-bond donors (Lipinski definition) is 2. The second-order valence-electron chi connectivity index (χ2n) is 6.22. The lowest BCUT2D eigenvalue weighted by molar-refractivity contribution is 0.0843. The van der Waals surface area contributed by atoms with Crippen LogP contribution in [0.4, 0.5) is 0 Å². The van der Waals surface area contributed by atoms with E-state index in [1.807, 2.05) is 0 Å². The van der Waals surface area contributed by atoms with Crippen LogP contribution in [0.2, 0.25) is 0 Å². The number of hydrazine groups is 1. The van der Waals surface area contributed by atoms with E-state index in [0.717, 1.165) is 6.26 Å². The molecular weight excluding hydrogens is 396 g/mol. The summed E-state index contributed by atoms with van der Waals surface area (Å²) in [5.41, 5.74) is 4.37. The maximum Gasteiger partial charge on any atom is 0.290 e. The van der Waals surface area contributed by atoms with E-state index in [4.69, 9.17) is 0 Å². The van der Waals surface area contributed by atoms with Crippen LogP contribution in [0.25, 0.3) is 10.8 Å². The van der Waals surface area contributed by atoms with E-state index in [1.165, 1.54) is 28.9 Å². The quantitative estimate of drug-likeness (QED) is 0.611. The van der Waals surface area contributed by atoms with Crippen molar-refractivity contribution in [1.29, 1.82) is 0 Å². The summed E-state index contributed by atoms with van der Waals surface area (Å²) in [5, 5.41) is 4.79. The SMILES string of the molecule is CCn1nc(C(=O)NNC(=O)c2ccc(S(C)(=O)=O)cc2)c2ccccc2c1=O. The molecule has 0 aliphatic rings. The zero-order valence-electron chi connectivity index (χ0n) is 15.7. The molecule has 0 aliphatic heterocycles. The van der Waals surface area contributed by atoms with Crippen molar-refractivity contribution in [1.82, 2.24) is 20.6 Å². The Labute approximate surface area is 166 Å². The summed E-state index contributed by atoms with van der Waals surface area (Å²) >= 11 is 0. The van der Waals surface area contributed by atoms with Gasteiger partial charge >= 0.3 is 0 Å². The second-order valence-corrected chi connectivity index (χ2v) is 8.24. The highest BCUT2D eigenvalue weighted by Crippen LogP contribution is 2.13. The van der Waals surface area contributed by atoms with E-state index in [2.05, 4.69) is 16.0 Å². The summed E-state index contributed by atoms with van der Waals surface area (Å²) < 4.78 is 24.1. The molecule has 1 heterocycles. The molecule has 0 bridgehead atoms. The van der Waals surface area contributed by atoms with Gasteiger partial charge < -0.3 is 0 Å². The average Bonchev–Trinajstić information content (AvgIpc) is 2.71. The molecule has 10 heteroatoms. The number of aryl methyl sites for hydroxylation is 1. The normalized spacial score (nSPS) is 11.2. The van der Waals surface area contributed by atoms with Crippen molar-refractivity contribution in [3.8, 4) is 0 Å². The van der Waals surface area contributed by atoms with E-state index in [9.17, 15) is 22.8 Å². The summed E-state index contributed by atoms with van der Waals surface area (Å²) in [5.74, 6) is -1.32. The molecule has 3 aromatic rings. The van der Waals surface area contributed by atoms with Gasteiger partial charge in [0.15, 0.2) is 15.5 Å². The summed E-state index contributed by atoms with van der Waals surface area (Å²) in [6.45, 7) is 2.01. The lowest BCUT2D eigenvalue weighted by atomic mass is 10.1. The van der Waals surface area contributed by atoms with E-state index in [-0.39, 0.29) is 28.3 Å². The molecule has 2 N–H and O–H groups in total. The van der Waals surface area contributed by atoms with Crippen LogP contribution >= 0.6 is 0 Å². The van der Waals surface area contributed by atoms with Crippen LogP contribution in [-0.4, -0.2) is 36.3 Å². The van der Waals surface area contributed by atoms with E-state index >= 15 is 0 Å². The molecule has 150 valence electrons. The van der Waals surface area contributed by atoms with Crippen molar-refractivity contribution in [3.63, 3.8) is 0 Å². The van der Waals surface area contributed by atoms with Gasteiger partial charge in [0.1, 0.15) is 0 Å². The Balaban J connectivity index is 1.82. The number of nitrogens with one attached hydrogen (secondary N) is 2. The minimum absolute atomic E-state index is 0.00484. The first-order valence-electron chi connectivity index (χ1n) is 8.63. The predicted molar refractivity (Wildman–Crippen MR) is 106 cm³/mol. The van der Waals surface area contributed by atoms with Crippen molar-refractivity contribution in [3.05, 3.63) is 70.1 Å². The average molecular weight is 414 g/mol. The number of benzene rings is 2. The number of carbonyl (C=O) groups excluding carboxylic acids is 2. The summed E-state index contributed by atoms with van der Waals surface area (Å²) in [6, 6.07) is 11.8. The second kappa shape index (κ2) is 7.84. The molecule has 0 atom stereocenters. The molecule has 0 saturated heterocycles. The van der Waals surface area contributed by atoms with Gasteiger partial charge in [0.2, 0.25) is 0 Å². The Morgan fingerprint density at radius 3 is 2.14 bits per heavy atom. The highest BCUT2D eigenvalue weighted by Gasteiger charge is 2.17. The summed E-state index contributed by atoms with van der Waals surface area (Å²) in [6.07, 6.45) is 1.06. The highest BCUT2D eigenvalue weighted by molar-refractivity contribution is 7.90. The number of carbonyl (C=O) groups is 2. The van der Waals surface area contributed by atoms with Gasteiger partial charge in [-0.05, 0) is 37.3 Å². The molecule has 0 unspecified atom stereocenters. The standard InChI is InChI=1S/C19H18N4O5S/c1-3-23-19(26)15-7-5-4-6-14(15)16(22-23)18(25)21-20-17(24)12-8-10-13(11-9-12)29(2,27)28/h4-11H,3H2,1-2H3,(H,20,24)(H,21,25). The minimum Gasteiger partial charge on any atom is -0.267 e. The molecule has 0 fully saturated rings. The molecule has 1 aromatic heterocycles. The lowest BCUT2D eigenvalue weighted by Gasteiger charge is -2.11. The first kappa shape index (κ1) is 20.2. The molecule has 0 saturated carbocycles. The number of hydrogen-bond acceptors (Lipinski definition) is 6. The Kier molecular flexibility index (Phi) is 5.46. The fourth-order valence-electron chi connectivity index (χ4n) is 2.72. The maximum absolute atomic E-state index is 12.6. The van der Waals surface area contributed by atoms with Crippen LogP contribution < -0.4 is 16.4 Å². The number of sulfone groups is 1. The van der Waals surface area contributed by atoms with Crippen molar-refractivity contribution in [2.24, 2.45) is 0 Å². The van der Waals surface area contributed by atoms with Gasteiger partial charge in [0.05, 0.1) is 10.3 Å². The molecule has 0 radical (unpaired) electrons. The summed E-state index contributed by atoms with van der Waals surface area (Å²) in [7, 11) is -3.38. The van der Waals surface area contributed by atoms with E-state index in [1.54, 1.807) is 31.2 Å². The van der Waals surface area contributed by atoms with Gasteiger partial charge in [-0.3, -0.25) is 25.2 Å². The van der Waals surface area contributed by atoms with Gasteiger partial charge in [-0.1, -0.05) is 18.2 Å². The molecule has 0 aliphatic carbocycles. The predicted octanol–water partition coefficient (Wildman–Crippen LogP) is 0.895. The van der Waals surface area contributed by atoms with Crippen LogP contribution in [-0.2, 0) is 16.4 Å². The van der Waals surface area contributed by atoms with Crippen molar-refractivity contribution in [2.45, 2.75) is 18.4 Å². The van der Waals surface area contributed by atoms with Crippen LogP contribution in [0.3, 0.4) is 0 Å². The highest BCUT2D eigenvalue weighted by atomic mass is 32.2. The third kappa shape index (κ3) is 4.16. The van der Waals surface area contributed by atoms with E-state index in [0.29, 0.717) is 10.8 Å². The van der Waals surface area contributed by atoms with Crippen LogP contribution in [0.5, 0.6) is 0 Å². The number of aromatic nitrogens is 2. The zero-order chi connectivity index (χ0) is 21.2. The van der Waals surface area contributed by atoms with Crippen molar-refractivity contribution < 1.29 is 18.0 Å². The van der Waals surface area contributed by atoms with Crippen LogP contribution in [0.1, 0.15) is 27.8 Å². The third-order valence-corrected chi connectivity index (χ3v) is 5.35. The van der Waals surface area contributed by atoms with Gasteiger partial charge in [-0.25, -0.2) is 13.1 Å². The molecule has 0 spiro atoms. The Morgan fingerprint density at radius 1 is 0.966 bits per heavy atom. The molecule has 2 amide bonds. The summed E-state index contributed by atoms with van der Waals surface area (Å²) in [4.78, 5) is 37.2. The van der Waals surface area contributed by atoms with Crippen LogP contribution in [0, 0.1) is 0 Å². The topological polar surface area (TPSA) is 127 Å². The van der Waals surface area contributed by atoms with Gasteiger partial charge in [-0.2, -0.15) is 5.10 Å². The first-order valence-corrected chi connectivity index (χ1v) is 10.5. The number of amides is 2. The van der Waals surface area contributed by atoms with Crippen LogP contribution in [0.15, 0.2) is 58.2 Å². The Hall–Kier alpha value is -3.53. The van der Waals surface area contributed by atoms with Crippen molar-refractivity contribution >= 4 is 32.4 Å². The molecule has 29 heavy (non-hydrogen) atoms. The Bertz CT molecular complexity index is 1260. The Morgan fingerprint density at radius 2 is 1.55 bits per heavy atom. The zero-order valence-corrected chi connectivity index (χ0v) is 16.5. The molecular formula is C19H18N4O5S. The number of rotatable bonds is 4. The fraction of sp³-hybridized carbons (Fsp3) is 0.158. The molecule has 3 rings (SSSR count). The number of nitrogens with zero attached hydrogens (tertiary/aromatic N) is 2. The number of fused-ring (bicyclic) bond motifs is 1. The maximum atomic E-state index is 12.6. The van der Waals surface area contributed by atoms with Gasteiger partial charge in [-0.15, -0.1) is 0 Å². The first-order chi connectivity index (χ1) is 13.7. The monoisotopic (exact) mass is 414 g/mol. The smallest absolute Gasteiger partial charge is 0.267 e. The van der Waals surface area contributed by atoms with Gasteiger partial charge in [0, 0.05) is 23.8 Å². The minimum atomic E-state index is -3.38. The fourth-order valence-corrected chi connectivity index (χ4v) is 3.35. The molecule has 9 nitrogen and oxygen atoms in total. The van der Waals surface area contributed by atoms with Crippen molar-refractivity contribution in [2.75, 3.05) is 6.26 Å². The third-order valence-electron chi connectivity index (χ3n) is 4.22. The van der Waals surface area contributed by atoms with E-state index < -0.39 is 21.7 Å². The van der Waals surface area contributed by atoms with Gasteiger partial charge in [0.25, 0.3) is 17.4 Å².